The third-order valence-electron chi connectivity index (χ3n) is 1.87. The minimum atomic E-state index is -0.549. The fourth-order valence-electron chi connectivity index (χ4n) is 1.10. The summed E-state index contributed by atoms with van der Waals surface area (Å²) >= 11 is 5.42. The zero-order valence-corrected chi connectivity index (χ0v) is 8.78. The summed E-state index contributed by atoms with van der Waals surface area (Å²) in [4.78, 5) is 0. The third-order valence-corrected chi connectivity index (χ3v) is 2.22. The van der Waals surface area contributed by atoms with Crippen LogP contribution in [0, 0.1) is 0 Å². The molecule has 0 unspecified atom stereocenters. The van der Waals surface area contributed by atoms with Crippen LogP contribution in [0.15, 0.2) is 30.3 Å². The van der Waals surface area contributed by atoms with Crippen LogP contribution in [-0.4, -0.2) is 30.3 Å². The van der Waals surface area contributed by atoms with Crippen molar-refractivity contribution < 1.29 is 9.84 Å². The van der Waals surface area contributed by atoms with E-state index in [2.05, 4.69) is 12.1 Å². The van der Waals surface area contributed by atoms with Crippen molar-refractivity contribution in [1.82, 2.24) is 0 Å². The van der Waals surface area contributed by atoms with Crippen LogP contribution in [0.1, 0.15) is 5.56 Å². The Labute approximate surface area is 89.5 Å². The van der Waals surface area contributed by atoms with Crippen molar-refractivity contribution in [2.45, 2.75) is 12.5 Å². The molecule has 0 amide bonds. The molecule has 1 atom stereocenters. The number of aliphatic hydroxyl groups is 1. The Kier molecular flexibility index (Phi) is 5.60. The molecule has 1 aromatic carbocycles. The van der Waals surface area contributed by atoms with Gasteiger partial charge < -0.3 is 9.84 Å². The fraction of sp³-hybridized carbons (Fsp3) is 0.455. The second-order valence-corrected chi connectivity index (χ2v) is 3.43. The number of aliphatic hydroxyl groups excluding tert-OH is 1. The Balaban J connectivity index is 2.10. The highest BCUT2D eigenvalue weighted by Crippen LogP contribution is 1.99. The maximum Gasteiger partial charge on any atom is 0.0908 e. The lowest BCUT2D eigenvalue weighted by molar-refractivity contribution is 0.0494. The lowest BCUT2D eigenvalue weighted by Crippen LogP contribution is -2.17. The summed E-state index contributed by atoms with van der Waals surface area (Å²) in [6.45, 7) is 0.939. The molecule has 3 heteroatoms. The van der Waals surface area contributed by atoms with Crippen molar-refractivity contribution in [2.75, 3.05) is 19.1 Å². The quantitative estimate of drug-likeness (QED) is 0.579. The molecule has 0 heterocycles. The number of hydrogen-bond acceptors (Lipinski definition) is 2. The highest BCUT2D eigenvalue weighted by molar-refractivity contribution is 6.18. The molecule has 78 valence electrons. The van der Waals surface area contributed by atoms with Crippen LogP contribution in [-0.2, 0) is 11.2 Å². The molecule has 0 aliphatic carbocycles. The van der Waals surface area contributed by atoms with Gasteiger partial charge in [-0.25, -0.2) is 0 Å². The molecule has 1 N–H and O–H groups in total. The van der Waals surface area contributed by atoms with Gasteiger partial charge in [0.2, 0.25) is 0 Å². The number of alkyl halides is 1. The van der Waals surface area contributed by atoms with E-state index >= 15 is 0 Å². The van der Waals surface area contributed by atoms with Gasteiger partial charge in [-0.05, 0) is 12.0 Å². The summed E-state index contributed by atoms with van der Waals surface area (Å²) < 4.78 is 5.26. The van der Waals surface area contributed by atoms with E-state index in [1.807, 2.05) is 18.2 Å². The molecule has 0 radical (unpaired) electrons. The van der Waals surface area contributed by atoms with E-state index in [0.29, 0.717) is 13.2 Å². The van der Waals surface area contributed by atoms with Crippen LogP contribution in [0.5, 0.6) is 0 Å². The Hall–Kier alpha value is -0.570. The molecule has 0 spiro atoms. The van der Waals surface area contributed by atoms with Crippen LogP contribution in [0.2, 0.25) is 0 Å². The van der Waals surface area contributed by atoms with Crippen LogP contribution in [0.25, 0.3) is 0 Å². The summed E-state index contributed by atoms with van der Waals surface area (Å²) in [5, 5.41) is 9.10. The van der Waals surface area contributed by atoms with E-state index in [4.69, 9.17) is 21.4 Å². The minimum absolute atomic E-state index is 0.228. The molecule has 0 saturated carbocycles. The molecule has 1 aromatic rings. The van der Waals surface area contributed by atoms with Crippen molar-refractivity contribution in [2.24, 2.45) is 0 Å². The van der Waals surface area contributed by atoms with Gasteiger partial charge in [-0.3, -0.25) is 0 Å². The SMILES string of the molecule is O[C@H](CCl)COCCc1ccccc1. The van der Waals surface area contributed by atoms with Crippen molar-refractivity contribution >= 4 is 11.6 Å². The van der Waals surface area contributed by atoms with Crippen molar-refractivity contribution in [3.8, 4) is 0 Å². The van der Waals surface area contributed by atoms with Crippen LogP contribution >= 0.6 is 11.6 Å². The van der Waals surface area contributed by atoms with Crippen LogP contribution in [0.3, 0.4) is 0 Å². The largest absolute Gasteiger partial charge is 0.389 e. The number of rotatable bonds is 6. The molecule has 0 aliphatic heterocycles. The zero-order chi connectivity index (χ0) is 10.2. The third kappa shape index (κ3) is 4.61. The van der Waals surface area contributed by atoms with Crippen molar-refractivity contribution in [3.63, 3.8) is 0 Å². The first-order valence-corrected chi connectivity index (χ1v) is 5.22. The number of ether oxygens (including phenoxy) is 1. The summed E-state index contributed by atoms with van der Waals surface area (Å²) in [5.74, 6) is 0.228. The minimum Gasteiger partial charge on any atom is -0.389 e. The van der Waals surface area contributed by atoms with Gasteiger partial charge in [0.25, 0.3) is 0 Å². The number of benzene rings is 1. The van der Waals surface area contributed by atoms with Gasteiger partial charge in [0, 0.05) is 0 Å². The Morgan fingerprint density at radius 2 is 2.00 bits per heavy atom. The molecule has 0 aromatic heterocycles. The van der Waals surface area contributed by atoms with E-state index in [0.717, 1.165) is 6.42 Å². The maximum absolute atomic E-state index is 9.10. The first-order valence-electron chi connectivity index (χ1n) is 4.68. The highest BCUT2D eigenvalue weighted by atomic mass is 35.5. The van der Waals surface area contributed by atoms with Crippen molar-refractivity contribution in [1.29, 1.82) is 0 Å². The smallest absolute Gasteiger partial charge is 0.0908 e. The molecule has 2 nitrogen and oxygen atoms in total. The van der Waals surface area contributed by atoms with Gasteiger partial charge in [0.15, 0.2) is 0 Å². The molecule has 14 heavy (non-hydrogen) atoms. The molecular formula is C11H15ClO2. The Bertz CT molecular complexity index is 238. The first-order chi connectivity index (χ1) is 6.83. The normalized spacial score (nSPS) is 12.7. The Morgan fingerprint density at radius 3 is 2.64 bits per heavy atom. The van der Waals surface area contributed by atoms with Crippen LogP contribution in [0.4, 0.5) is 0 Å². The summed E-state index contributed by atoms with van der Waals surface area (Å²) in [5.41, 5.74) is 1.24. The molecule has 0 saturated heterocycles. The van der Waals surface area contributed by atoms with Gasteiger partial charge in [-0.2, -0.15) is 0 Å². The number of halogens is 1. The Morgan fingerprint density at radius 1 is 1.29 bits per heavy atom. The van der Waals surface area contributed by atoms with Gasteiger partial charge in [-0.1, -0.05) is 30.3 Å². The molecular weight excluding hydrogens is 200 g/mol. The second kappa shape index (κ2) is 6.82. The molecule has 0 bridgehead atoms. The van der Waals surface area contributed by atoms with E-state index < -0.39 is 6.10 Å². The molecule has 0 fully saturated rings. The van der Waals surface area contributed by atoms with Crippen LogP contribution < -0.4 is 0 Å². The van der Waals surface area contributed by atoms with Gasteiger partial charge >= 0.3 is 0 Å². The average molecular weight is 215 g/mol. The lowest BCUT2D eigenvalue weighted by atomic mass is 10.2. The van der Waals surface area contributed by atoms with Gasteiger partial charge in [0.05, 0.1) is 25.2 Å². The highest BCUT2D eigenvalue weighted by Gasteiger charge is 2.00. The summed E-state index contributed by atoms with van der Waals surface area (Å²) in [6, 6.07) is 10.1. The predicted octanol–water partition coefficient (Wildman–Crippen LogP) is 1.85. The molecule has 1 rings (SSSR count). The first kappa shape index (κ1) is 11.5. The summed E-state index contributed by atoms with van der Waals surface area (Å²) in [7, 11) is 0. The maximum atomic E-state index is 9.10. The lowest BCUT2D eigenvalue weighted by Gasteiger charge is -2.07. The van der Waals surface area contributed by atoms with E-state index in [-0.39, 0.29) is 5.88 Å². The zero-order valence-electron chi connectivity index (χ0n) is 8.03. The topological polar surface area (TPSA) is 29.5 Å². The van der Waals surface area contributed by atoms with Gasteiger partial charge in [-0.15, -0.1) is 11.6 Å². The standard InChI is InChI=1S/C11H15ClO2/c12-8-11(13)9-14-7-6-10-4-2-1-3-5-10/h1-5,11,13H,6-9H2/t11-/m1/s1. The summed E-state index contributed by atoms with van der Waals surface area (Å²) in [6.07, 6.45) is 0.322. The van der Waals surface area contributed by atoms with Gasteiger partial charge in [0.1, 0.15) is 0 Å². The second-order valence-electron chi connectivity index (χ2n) is 3.12. The monoisotopic (exact) mass is 214 g/mol. The van der Waals surface area contributed by atoms with E-state index in [9.17, 15) is 0 Å². The fourth-order valence-corrected chi connectivity index (χ4v) is 1.19. The van der Waals surface area contributed by atoms with E-state index in [1.165, 1.54) is 5.56 Å². The van der Waals surface area contributed by atoms with Crippen molar-refractivity contribution in [3.05, 3.63) is 35.9 Å². The average Bonchev–Trinajstić information content (AvgIpc) is 2.25. The predicted molar refractivity (Wildman–Crippen MR) is 57.7 cm³/mol. The van der Waals surface area contributed by atoms with E-state index in [1.54, 1.807) is 0 Å². The number of hydrogen-bond donors (Lipinski definition) is 1. The molecule has 0 aliphatic rings.